The minimum atomic E-state index is 0. The molecule has 0 aromatic heterocycles. The van der Waals surface area contributed by atoms with Gasteiger partial charge in [0, 0.05) is 26.2 Å². The molecule has 1 aliphatic heterocycles. The molecule has 1 aromatic carbocycles. The highest BCUT2D eigenvalue weighted by Crippen LogP contribution is 2.23. The van der Waals surface area contributed by atoms with Crippen molar-refractivity contribution in [2.45, 2.75) is 12.6 Å². The van der Waals surface area contributed by atoms with E-state index in [9.17, 15) is 0 Å². The number of ether oxygens (including phenoxy) is 1. The quantitative estimate of drug-likeness (QED) is 0.913. The molecule has 0 spiro atoms. The molecule has 2 N–H and O–H groups in total. The van der Waals surface area contributed by atoms with E-state index in [0.29, 0.717) is 16.6 Å². The summed E-state index contributed by atoms with van der Waals surface area (Å²) in [4.78, 5) is 2.32. The number of rotatable bonds is 3. The Labute approximate surface area is 136 Å². The summed E-state index contributed by atoms with van der Waals surface area (Å²) in [5.74, 6) is 0. The number of benzene rings is 1. The Morgan fingerprint density at radius 3 is 2.63 bits per heavy atom. The summed E-state index contributed by atoms with van der Waals surface area (Å²) in [6.07, 6.45) is 0.145. The van der Waals surface area contributed by atoms with Crippen molar-refractivity contribution >= 4 is 48.0 Å². The van der Waals surface area contributed by atoms with Crippen LogP contribution in [0.4, 0.5) is 0 Å². The monoisotopic (exact) mass is 346 g/mol. The first kappa shape index (κ1) is 19.3. The van der Waals surface area contributed by atoms with E-state index in [1.165, 1.54) is 0 Å². The van der Waals surface area contributed by atoms with Crippen LogP contribution >= 0.6 is 48.0 Å². The third kappa shape index (κ3) is 5.64. The Kier molecular flexibility index (Phi) is 9.37. The van der Waals surface area contributed by atoms with Crippen molar-refractivity contribution in [2.24, 2.45) is 5.73 Å². The molecular formula is C12H18Cl4N2O. The summed E-state index contributed by atoms with van der Waals surface area (Å²) in [6, 6.07) is 5.75. The van der Waals surface area contributed by atoms with Crippen LogP contribution < -0.4 is 5.73 Å². The van der Waals surface area contributed by atoms with Gasteiger partial charge in [-0.2, -0.15) is 0 Å². The third-order valence-electron chi connectivity index (χ3n) is 2.88. The molecule has 7 heteroatoms. The molecule has 1 unspecified atom stereocenters. The van der Waals surface area contributed by atoms with Crippen LogP contribution in [0.2, 0.25) is 10.0 Å². The fourth-order valence-electron chi connectivity index (χ4n) is 1.96. The lowest BCUT2D eigenvalue weighted by Crippen LogP contribution is -2.45. The second kappa shape index (κ2) is 9.24. The van der Waals surface area contributed by atoms with E-state index in [4.69, 9.17) is 33.7 Å². The highest BCUT2D eigenvalue weighted by molar-refractivity contribution is 6.42. The van der Waals surface area contributed by atoms with Crippen LogP contribution in [-0.2, 0) is 11.3 Å². The number of nitrogens with two attached hydrogens (primary N) is 1. The summed E-state index contributed by atoms with van der Waals surface area (Å²) in [5.41, 5.74) is 6.78. The Balaban J connectivity index is 0.00000162. The highest BCUT2D eigenvalue weighted by atomic mass is 35.5. The maximum atomic E-state index is 5.99. The molecule has 0 amide bonds. The standard InChI is InChI=1S/C12H16Cl2N2O.2ClH/c13-11-2-1-9(5-12(11)14)7-16-3-4-17-10(6-15)8-16;;/h1-2,5,10H,3-4,6-8,15H2;2*1H. The van der Waals surface area contributed by atoms with E-state index in [2.05, 4.69) is 4.90 Å². The van der Waals surface area contributed by atoms with Crippen molar-refractivity contribution in [3.8, 4) is 0 Å². The van der Waals surface area contributed by atoms with Crippen LogP contribution in [0, 0.1) is 0 Å². The fraction of sp³-hybridized carbons (Fsp3) is 0.500. The first-order valence-electron chi connectivity index (χ1n) is 5.67. The number of hydrogen-bond donors (Lipinski definition) is 1. The summed E-state index contributed by atoms with van der Waals surface area (Å²) in [5, 5.41) is 1.20. The van der Waals surface area contributed by atoms with Gasteiger partial charge in [-0.15, -0.1) is 24.8 Å². The van der Waals surface area contributed by atoms with Crippen LogP contribution in [-0.4, -0.2) is 37.2 Å². The molecule has 0 saturated carbocycles. The minimum Gasteiger partial charge on any atom is -0.374 e. The largest absolute Gasteiger partial charge is 0.374 e. The molecule has 0 bridgehead atoms. The molecule has 0 aliphatic carbocycles. The van der Waals surface area contributed by atoms with Gasteiger partial charge in [0.2, 0.25) is 0 Å². The summed E-state index contributed by atoms with van der Waals surface area (Å²) in [7, 11) is 0. The van der Waals surface area contributed by atoms with Gasteiger partial charge in [0.05, 0.1) is 22.8 Å². The molecule has 1 aromatic rings. The van der Waals surface area contributed by atoms with Gasteiger partial charge in [0.15, 0.2) is 0 Å². The lowest BCUT2D eigenvalue weighted by molar-refractivity contribution is -0.0260. The fourth-order valence-corrected chi connectivity index (χ4v) is 2.28. The van der Waals surface area contributed by atoms with Crippen molar-refractivity contribution in [1.29, 1.82) is 0 Å². The average molecular weight is 348 g/mol. The molecule has 1 saturated heterocycles. The maximum absolute atomic E-state index is 5.99. The number of halogens is 4. The van der Waals surface area contributed by atoms with Gasteiger partial charge in [-0.25, -0.2) is 0 Å². The average Bonchev–Trinajstić information content (AvgIpc) is 2.34. The lowest BCUT2D eigenvalue weighted by Gasteiger charge is -2.32. The van der Waals surface area contributed by atoms with Crippen LogP contribution in [0.5, 0.6) is 0 Å². The van der Waals surface area contributed by atoms with E-state index in [0.717, 1.165) is 31.8 Å². The Bertz CT molecular complexity index is 392. The molecule has 1 aliphatic rings. The van der Waals surface area contributed by atoms with Gasteiger partial charge in [-0.05, 0) is 17.7 Å². The predicted molar refractivity (Wildman–Crippen MR) is 85.0 cm³/mol. The minimum absolute atomic E-state index is 0. The Morgan fingerprint density at radius 2 is 2.00 bits per heavy atom. The van der Waals surface area contributed by atoms with Crippen molar-refractivity contribution in [3.05, 3.63) is 33.8 Å². The van der Waals surface area contributed by atoms with Crippen molar-refractivity contribution in [2.75, 3.05) is 26.2 Å². The second-order valence-corrected chi connectivity index (χ2v) is 5.03. The predicted octanol–water partition coefficient (Wildman–Crippen LogP) is 3.00. The van der Waals surface area contributed by atoms with Crippen molar-refractivity contribution in [1.82, 2.24) is 4.90 Å². The molecule has 0 radical (unpaired) electrons. The van der Waals surface area contributed by atoms with Crippen LogP contribution in [0.25, 0.3) is 0 Å². The molecule has 19 heavy (non-hydrogen) atoms. The Hall–Kier alpha value is 0.260. The van der Waals surface area contributed by atoms with Crippen LogP contribution in [0.15, 0.2) is 18.2 Å². The lowest BCUT2D eigenvalue weighted by atomic mass is 10.2. The van der Waals surface area contributed by atoms with E-state index >= 15 is 0 Å². The molecule has 1 heterocycles. The topological polar surface area (TPSA) is 38.5 Å². The van der Waals surface area contributed by atoms with E-state index in [1.54, 1.807) is 0 Å². The van der Waals surface area contributed by atoms with Crippen LogP contribution in [0.1, 0.15) is 5.56 Å². The van der Waals surface area contributed by atoms with Gasteiger partial charge < -0.3 is 10.5 Å². The van der Waals surface area contributed by atoms with E-state index in [-0.39, 0.29) is 30.9 Å². The highest BCUT2D eigenvalue weighted by Gasteiger charge is 2.19. The number of nitrogens with zero attached hydrogens (tertiary/aromatic N) is 1. The van der Waals surface area contributed by atoms with Crippen molar-refractivity contribution in [3.63, 3.8) is 0 Å². The van der Waals surface area contributed by atoms with Crippen molar-refractivity contribution < 1.29 is 4.74 Å². The van der Waals surface area contributed by atoms with Gasteiger partial charge in [0.1, 0.15) is 0 Å². The van der Waals surface area contributed by atoms with Crippen LogP contribution in [0.3, 0.4) is 0 Å². The normalized spacial score (nSPS) is 19.4. The smallest absolute Gasteiger partial charge is 0.0824 e. The maximum Gasteiger partial charge on any atom is 0.0824 e. The summed E-state index contributed by atoms with van der Waals surface area (Å²) >= 11 is 11.9. The summed E-state index contributed by atoms with van der Waals surface area (Å²) < 4.78 is 5.52. The van der Waals surface area contributed by atoms with E-state index in [1.807, 2.05) is 18.2 Å². The first-order valence-corrected chi connectivity index (χ1v) is 6.42. The molecule has 3 nitrogen and oxygen atoms in total. The number of hydrogen-bond acceptors (Lipinski definition) is 3. The molecule has 110 valence electrons. The van der Waals surface area contributed by atoms with Gasteiger partial charge in [-0.3, -0.25) is 4.90 Å². The zero-order valence-electron chi connectivity index (χ0n) is 10.4. The second-order valence-electron chi connectivity index (χ2n) is 4.21. The molecule has 1 atom stereocenters. The van der Waals surface area contributed by atoms with Gasteiger partial charge in [-0.1, -0.05) is 29.3 Å². The molecule has 2 rings (SSSR count). The molecular weight excluding hydrogens is 330 g/mol. The van der Waals surface area contributed by atoms with E-state index < -0.39 is 0 Å². The summed E-state index contributed by atoms with van der Waals surface area (Å²) in [6.45, 7) is 3.96. The number of morpholine rings is 1. The first-order chi connectivity index (χ1) is 8.19. The molecule has 1 fully saturated rings. The third-order valence-corrected chi connectivity index (χ3v) is 3.62. The SMILES string of the molecule is Cl.Cl.NCC1CN(Cc2ccc(Cl)c(Cl)c2)CCO1. The van der Waals surface area contributed by atoms with Gasteiger partial charge >= 0.3 is 0 Å². The zero-order valence-corrected chi connectivity index (χ0v) is 13.5. The van der Waals surface area contributed by atoms with Gasteiger partial charge in [0.25, 0.3) is 0 Å². The Morgan fingerprint density at radius 1 is 1.26 bits per heavy atom. The zero-order chi connectivity index (χ0) is 12.3.